The van der Waals surface area contributed by atoms with Crippen molar-refractivity contribution < 1.29 is 4.79 Å². The Bertz CT molecular complexity index is 519. The number of likely N-dealkylation sites (tertiary alicyclic amines) is 1. The molecule has 1 aliphatic heterocycles. The Morgan fingerprint density at radius 3 is 2.72 bits per heavy atom. The van der Waals surface area contributed by atoms with Gasteiger partial charge in [0, 0.05) is 24.3 Å². The lowest BCUT2D eigenvalue weighted by molar-refractivity contribution is -0.128. The number of para-hydroxylation sites is 1. The highest BCUT2D eigenvalue weighted by molar-refractivity contribution is 5.90. The van der Waals surface area contributed by atoms with Crippen molar-refractivity contribution >= 4 is 16.8 Å². The molecule has 1 aliphatic rings. The van der Waals surface area contributed by atoms with Crippen LogP contribution in [0.2, 0.25) is 0 Å². The van der Waals surface area contributed by atoms with E-state index >= 15 is 0 Å². The summed E-state index contributed by atoms with van der Waals surface area (Å²) in [7, 11) is 0. The van der Waals surface area contributed by atoms with E-state index in [0.717, 1.165) is 42.5 Å². The predicted octanol–water partition coefficient (Wildman–Crippen LogP) is 2.73. The van der Waals surface area contributed by atoms with Crippen molar-refractivity contribution in [2.45, 2.75) is 19.3 Å². The van der Waals surface area contributed by atoms with Gasteiger partial charge in [-0.1, -0.05) is 18.2 Å². The zero-order valence-electron chi connectivity index (χ0n) is 10.4. The second-order valence-electron chi connectivity index (χ2n) is 4.84. The van der Waals surface area contributed by atoms with Crippen LogP contribution in [0.3, 0.4) is 0 Å². The van der Waals surface area contributed by atoms with Crippen molar-refractivity contribution in [2.24, 2.45) is 0 Å². The second-order valence-corrected chi connectivity index (χ2v) is 4.84. The number of fused-ring (bicyclic) bond motifs is 1. The predicted molar refractivity (Wildman–Crippen MR) is 72.1 cm³/mol. The summed E-state index contributed by atoms with van der Waals surface area (Å²) >= 11 is 0. The summed E-state index contributed by atoms with van der Waals surface area (Å²) in [6.07, 6.45) is 5.22. The van der Waals surface area contributed by atoms with E-state index in [9.17, 15) is 4.79 Å². The molecule has 0 aliphatic carbocycles. The lowest BCUT2D eigenvalue weighted by Crippen LogP contribution is -2.35. The molecule has 0 unspecified atom stereocenters. The van der Waals surface area contributed by atoms with E-state index in [1.165, 1.54) is 6.42 Å². The highest BCUT2D eigenvalue weighted by Crippen LogP contribution is 2.17. The maximum absolute atomic E-state index is 12.1. The van der Waals surface area contributed by atoms with Gasteiger partial charge in [0.15, 0.2) is 0 Å². The van der Waals surface area contributed by atoms with Crippen LogP contribution < -0.4 is 0 Å². The number of hydrogen-bond donors (Lipinski definition) is 1. The zero-order chi connectivity index (χ0) is 12.4. The fourth-order valence-electron chi connectivity index (χ4n) is 2.51. The molecular weight excluding hydrogens is 224 g/mol. The molecule has 2 heterocycles. The molecule has 18 heavy (non-hydrogen) atoms. The number of nitrogens with zero attached hydrogens (tertiary/aromatic N) is 1. The Morgan fingerprint density at radius 2 is 1.94 bits per heavy atom. The number of benzene rings is 1. The van der Waals surface area contributed by atoms with Gasteiger partial charge in [-0.15, -0.1) is 0 Å². The minimum atomic E-state index is 0.126. The highest BCUT2D eigenvalue weighted by atomic mass is 16.2. The van der Waals surface area contributed by atoms with Crippen LogP contribution >= 0.6 is 0 Å². The van der Waals surface area contributed by atoms with Gasteiger partial charge in [-0.05, 0) is 36.8 Å². The van der Waals surface area contributed by atoms with Gasteiger partial charge < -0.3 is 9.88 Å². The molecule has 93 valence electrons. The Balaban J connectivity index is 1.73. The van der Waals surface area contributed by atoms with Crippen LogP contribution in [0.5, 0.6) is 0 Å². The molecule has 3 heteroatoms. The minimum Gasteiger partial charge on any atom is -0.358 e. The van der Waals surface area contributed by atoms with Crippen LogP contribution in [0.25, 0.3) is 10.9 Å². The van der Waals surface area contributed by atoms with Gasteiger partial charge in [0.05, 0.1) is 6.42 Å². The first-order valence-corrected chi connectivity index (χ1v) is 6.54. The molecule has 1 amide bonds. The van der Waals surface area contributed by atoms with Gasteiger partial charge in [-0.3, -0.25) is 4.79 Å². The average Bonchev–Trinajstić information content (AvgIpc) is 2.82. The Morgan fingerprint density at radius 1 is 1.17 bits per heavy atom. The number of H-pyrrole nitrogens is 1. The van der Waals surface area contributed by atoms with Gasteiger partial charge in [-0.25, -0.2) is 0 Å². The third-order valence-electron chi connectivity index (χ3n) is 3.50. The van der Waals surface area contributed by atoms with E-state index in [1.807, 2.05) is 29.2 Å². The molecule has 2 aromatic rings. The van der Waals surface area contributed by atoms with Crippen LogP contribution in [0.1, 0.15) is 25.0 Å². The number of amides is 1. The molecule has 1 aromatic carbocycles. The Hall–Kier alpha value is -1.77. The molecule has 1 saturated heterocycles. The lowest BCUT2D eigenvalue weighted by Gasteiger charge is -2.26. The van der Waals surface area contributed by atoms with Gasteiger partial charge in [0.2, 0.25) is 5.91 Å². The first-order valence-electron chi connectivity index (χ1n) is 6.54. The molecule has 1 fully saturated rings. The fourth-order valence-corrected chi connectivity index (χ4v) is 2.51. The normalized spacial score (nSPS) is 16.1. The van der Waals surface area contributed by atoms with Crippen LogP contribution in [-0.4, -0.2) is 28.9 Å². The number of nitrogens with one attached hydrogen (secondary N) is 1. The fraction of sp³-hybridized carbons (Fsp3) is 0.333. The van der Waals surface area contributed by atoms with E-state index in [1.54, 1.807) is 6.42 Å². The molecule has 3 nitrogen and oxygen atoms in total. The van der Waals surface area contributed by atoms with Crippen molar-refractivity contribution in [1.82, 2.24) is 9.88 Å². The monoisotopic (exact) mass is 241 g/mol. The first kappa shape index (κ1) is 11.3. The van der Waals surface area contributed by atoms with E-state index in [0.29, 0.717) is 0 Å². The molecule has 0 spiro atoms. The molecular formula is C15H17N2O. The number of aromatic nitrogens is 1. The number of carbonyl (C=O) groups excluding carboxylic acids is 1. The third kappa shape index (κ3) is 2.26. The van der Waals surface area contributed by atoms with E-state index in [2.05, 4.69) is 11.1 Å². The summed E-state index contributed by atoms with van der Waals surface area (Å²) in [5, 5.41) is 1.15. The van der Waals surface area contributed by atoms with Crippen molar-refractivity contribution in [1.29, 1.82) is 0 Å². The van der Waals surface area contributed by atoms with Crippen molar-refractivity contribution in [2.75, 3.05) is 13.1 Å². The molecule has 1 radical (unpaired) electrons. The van der Waals surface area contributed by atoms with E-state index < -0.39 is 0 Å². The number of rotatable bonds is 2. The molecule has 1 aromatic heterocycles. The molecule has 0 saturated carbocycles. The first-order chi connectivity index (χ1) is 8.83. The van der Waals surface area contributed by atoms with Crippen LogP contribution in [0, 0.1) is 6.42 Å². The summed E-state index contributed by atoms with van der Waals surface area (Å²) in [5.41, 5.74) is 1.97. The van der Waals surface area contributed by atoms with Crippen molar-refractivity contribution in [3.63, 3.8) is 0 Å². The number of piperidine rings is 1. The highest BCUT2D eigenvalue weighted by Gasteiger charge is 2.17. The van der Waals surface area contributed by atoms with E-state index in [-0.39, 0.29) is 5.91 Å². The van der Waals surface area contributed by atoms with Crippen LogP contribution in [0.15, 0.2) is 30.3 Å². The Labute approximate surface area is 107 Å². The Kier molecular flexibility index (Phi) is 3.05. The SMILES string of the molecule is O=C([CH]c1cc2ccccc2[nH]1)N1CCCCC1. The second kappa shape index (κ2) is 4.84. The minimum absolute atomic E-state index is 0.126. The summed E-state index contributed by atoms with van der Waals surface area (Å²) in [6, 6.07) is 10.1. The molecule has 1 N–H and O–H groups in total. The van der Waals surface area contributed by atoms with Gasteiger partial charge in [0.1, 0.15) is 0 Å². The van der Waals surface area contributed by atoms with Gasteiger partial charge in [-0.2, -0.15) is 0 Å². The van der Waals surface area contributed by atoms with Gasteiger partial charge >= 0.3 is 0 Å². The number of hydrogen-bond acceptors (Lipinski definition) is 1. The summed E-state index contributed by atoms with van der Waals surface area (Å²) in [5.74, 6) is 0.126. The molecule has 0 atom stereocenters. The maximum atomic E-state index is 12.1. The smallest absolute Gasteiger partial charge is 0.232 e. The zero-order valence-corrected chi connectivity index (χ0v) is 10.4. The lowest BCUT2D eigenvalue weighted by atomic mass is 10.1. The quantitative estimate of drug-likeness (QED) is 0.862. The van der Waals surface area contributed by atoms with E-state index in [4.69, 9.17) is 0 Å². The maximum Gasteiger partial charge on any atom is 0.232 e. The van der Waals surface area contributed by atoms with Gasteiger partial charge in [0.25, 0.3) is 0 Å². The van der Waals surface area contributed by atoms with Crippen LogP contribution in [-0.2, 0) is 4.79 Å². The average molecular weight is 241 g/mol. The van der Waals surface area contributed by atoms with Crippen LogP contribution in [0.4, 0.5) is 0 Å². The van der Waals surface area contributed by atoms with Crippen molar-refractivity contribution in [3.05, 3.63) is 42.4 Å². The topological polar surface area (TPSA) is 36.1 Å². The molecule has 0 bridgehead atoms. The summed E-state index contributed by atoms with van der Waals surface area (Å²) < 4.78 is 0. The summed E-state index contributed by atoms with van der Waals surface area (Å²) in [4.78, 5) is 17.3. The van der Waals surface area contributed by atoms with Crippen molar-refractivity contribution in [3.8, 4) is 0 Å². The standard InChI is InChI=1S/C15H17N2O/c18-15(17-8-4-1-5-9-17)11-13-10-12-6-2-3-7-14(12)16-13/h2-3,6-7,10-11,16H,1,4-5,8-9H2. The number of aromatic amines is 1. The largest absolute Gasteiger partial charge is 0.358 e. The number of carbonyl (C=O) groups is 1. The summed E-state index contributed by atoms with van der Waals surface area (Å²) in [6.45, 7) is 1.80. The third-order valence-corrected chi connectivity index (χ3v) is 3.50. The molecule has 3 rings (SSSR count).